The Morgan fingerprint density at radius 2 is 1.81 bits per heavy atom. The number of ether oxygens (including phenoxy) is 1. The average Bonchev–Trinajstić information content (AvgIpc) is 3.14. The number of halogens is 1. The van der Waals surface area contributed by atoms with Gasteiger partial charge < -0.3 is 10.1 Å². The molecular weight excluding hydrogens is 498 g/mol. The summed E-state index contributed by atoms with van der Waals surface area (Å²) in [5.41, 5.74) is 2.52. The van der Waals surface area contributed by atoms with E-state index < -0.39 is 11.2 Å². The van der Waals surface area contributed by atoms with Crippen LogP contribution in [-0.4, -0.2) is 39.7 Å². The maximum Gasteiger partial charge on any atom is 0.338 e. The number of aliphatic imine (C=N–C) groups is 1. The summed E-state index contributed by atoms with van der Waals surface area (Å²) >= 11 is 7.25. The highest BCUT2D eigenvalue weighted by Crippen LogP contribution is 2.33. The number of nitrogens with one attached hydrogen (secondary N) is 1. The van der Waals surface area contributed by atoms with Gasteiger partial charge in [-0.2, -0.15) is 0 Å². The molecule has 0 unspecified atom stereocenters. The van der Waals surface area contributed by atoms with E-state index in [2.05, 4.69) is 10.3 Å². The molecule has 7 nitrogen and oxygen atoms in total. The Kier molecular flexibility index (Phi) is 8.40. The van der Waals surface area contributed by atoms with Gasteiger partial charge in [0.1, 0.15) is 5.25 Å². The molecule has 3 aromatic carbocycles. The quantitative estimate of drug-likeness (QED) is 0.385. The molecule has 1 aliphatic rings. The third kappa shape index (κ3) is 6.53. The van der Waals surface area contributed by atoms with Crippen LogP contribution in [0.2, 0.25) is 5.02 Å². The third-order valence-corrected chi connectivity index (χ3v) is 6.70. The zero-order chi connectivity index (χ0) is 25.5. The minimum Gasteiger partial charge on any atom is -0.462 e. The Labute approximate surface area is 218 Å². The van der Waals surface area contributed by atoms with Crippen molar-refractivity contribution in [3.8, 4) is 0 Å². The molecule has 4 rings (SSSR count). The highest BCUT2D eigenvalue weighted by Gasteiger charge is 2.39. The summed E-state index contributed by atoms with van der Waals surface area (Å²) in [7, 11) is 0. The fourth-order valence-electron chi connectivity index (χ4n) is 3.58. The van der Waals surface area contributed by atoms with Gasteiger partial charge in [0.15, 0.2) is 5.17 Å². The van der Waals surface area contributed by atoms with Crippen LogP contribution < -0.4 is 5.32 Å². The number of carbonyl (C=O) groups excluding carboxylic acids is 3. The van der Waals surface area contributed by atoms with Gasteiger partial charge in [-0.15, -0.1) is 0 Å². The maximum absolute atomic E-state index is 13.3. The van der Waals surface area contributed by atoms with Gasteiger partial charge in [0.05, 0.1) is 24.4 Å². The lowest BCUT2D eigenvalue weighted by Crippen LogP contribution is -2.33. The standard InChI is InChI=1S/C27H24ClN3O4S/c1-2-35-26(34)19-11-13-21(14-12-19)30-27-31(17-18-7-4-3-5-8-18)25(33)23(36-27)16-24(32)29-22-10-6-9-20(28)15-22/h3-15,23H,2,16-17H2,1H3,(H,29,32)/t23-/m1/s1. The molecule has 1 aliphatic heterocycles. The van der Waals surface area contributed by atoms with Crippen LogP contribution in [0.4, 0.5) is 11.4 Å². The smallest absolute Gasteiger partial charge is 0.338 e. The zero-order valence-corrected chi connectivity index (χ0v) is 21.1. The summed E-state index contributed by atoms with van der Waals surface area (Å²) in [5.74, 6) is -0.881. The number of benzene rings is 3. The topological polar surface area (TPSA) is 88.1 Å². The summed E-state index contributed by atoms with van der Waals surface area (Å²) < 4.78 is 5.02. The van der Waals surface area contributed by atoms with Crippen molar-refractivity contribution < 1.29 is 19.1 Å². The van der Waals surface area contributed by atoms with Crippen molar-refractivity contribution in [2.75, 3.05) is 11.9 Å². The fourth-order valence-corrected chi connectivity index (χ4v) is 4.93. The number of thioether (sulfide) groups is 1. The van der Waals surface area contributed by atoms with Crippen LogP contribution >= 0.6 is 23.4 Å². The molecule has 0 aliphatic carbocycles. The highest BCUT2D eigenvalue weighted by molar-refractivity contribution is 8.15. The largest absolute Gasteiger partial charge is 0.462 e. The molecule has 0 aromatic heterocycles. The predicted octanol–water partition coefficient (Wildman–Crippen LogP) is 5.68. The predicted molar refractivity (Wildman–Crippen MR) is 143 cm³/mol. The lowest BCUT2D eigenvalue weighted by atomic mass is 10.2. The molecule has 36 heavy (non-hydrogen) atoms. The molecule has 0 radical (unpaired) electrons. The van der Waals surface area contributed by atoms with Gasteiger partial charge in [-0.05, 0) is 55.0 Å². The monoisotopic (exact) mass is 521 g/mol. The van der Waals surface area contributed by atoms with Gasteiger partial charge in [-0.25, -0.2) is 9.79 Å². The first-order chi connectivity index (χ1) is 17.4. The van der Waals surface area contributed by atoms with Gasteiger partial charge in [0.25, 0.3) is 0 Å². The number of amidine groups is 1. The molecule has 1 atom stereocenters. The lowest BCUT2D eigenvalue weighted by Gasteiger charge is -2.16. The van der Waals surface area contributed by atoms with Crippen LogP contribution in [0, 0.1) is 0 Å². The van der Waals surface area contributed by atoms with Gasteiger partial charge >= 0.3 is 5.97 Å². The molecule has 0 spiro atoms. The Bertz CT molecular complexity index is 1280. The first-order valence-electron chi connectivity index (χ1n) is 11.4. The summed E-state index contributed by atoms with van der Waals surface area (Å²) in [4.78, 5) is 44.2. The normalized spacial score (nSPS) is 16.3. The number of hydrogen-bond acceptors (Lipinski definition) is 6. The number of carbonyl (C=O) groups is 3. The van der Waals surface area contributed by atoms with E-state index in [1.165, 1.54) is 11.8 Å². The second-order valence-electron chi connectivity index (χ2n) is 7.94. The lowest BCUT2D eigenvalue weighted by molar-refractivity contribution is -0.128. The van der Waals surface area contributed by atoms with Crippen LogP contribution in [0.3, 0.4) is 0 Å². The molecule has 1 N–H and O–H groups in total. The number of anilines is 1. The molecular formula is C27H24ClN3O4S. The third-order valence-electron chi connectivity index (χ3n) is 5.29. The molecule has 3 aromatic rings. The summed E-state index contributed by atoms with van der Waals surface area (Å²) in [6.07, 6.45) is -0.0118. The molecule has 9 heteroatoms. The Balaban J connectivity index is 1.53. The van der Waals surface area contributed by atoms with Crippen molar-refractivity contribution >= 4 is 57.7 Å². The number of rotatable bonds is 8. The minimum absolute atomic E-state index is 0.0118. The van der Waals surface area contributed by atoms with E-state index in [1.54, 1.807) is 60.4 Å². The van der Waals surface area contributed by atoms with Crippen LogP contribution in [0.5, 0.6) is 0 Å². The molecule has 1 fully saturated rings. The van der Waals surface area contributed by atoms with Gasteiger partial charge in [0, 0.05) is 17.1 Å². The fraction of sp³-hybridized carbons (Fsp3) is 0.185. The van der Waals surface area contributed by atoms with E-state index in [-0.39, 0.29) is 18.2 Å². The van der Waals surface area contributed by atoms with Crippen molar-refractivity contribution in [1.82, 2.24) is 4.90 Å². The van der Waals surface area contributed by atoms with E-state index >= 15 is 0 Å². The summed E-state index contributed by atoms with van der Waals surface area (Å²) in [6.45, 7) is 2.38. The Morgan fingerprint density at radius 3 is 2.50 bits per heavy atom. The Morgan fingerprint density at radius 1 is 1.06 bits per heavy atom. The van der Waals surface area contributed by atoms with Gasteiger partial charge in [-0.3, -0.25) is 14.5 Å². The van der Waals surface area contributed by atoms with Crippen LogP contribution in [-0.2, 0) is 20.9 Å². The van der Waals surface area contributed by atoms with E-state index in [0.29, 0.717) is 40.3 Å². The molecule has 1 saturated heterocycles. The van der Waals surface area contributed by atoms with Crippen molar-refractivity contribution in [2.45, 2.75) is 25.1 Å². The first kappa shape index (κ1) is 25.5. The molecule has 0 bridgehead atoms. The first-order valence-corrected chi connectivity index (χ1v) is 12.6. The zero-order valence-electron chi connectivity index (χ0n) is 19.5. The number of nitrogens with zero attached hydrogens (tertiary/aromatic N) is 2. The average molecular weight is 522 g/mol. The summed E-state index contributed by atoms with van der Waals surface area (Å²) in [5, 5.41) is 3.18. The molecule has 184 valence electrons. The molecule has 1 heterocycles. The van der Waals surface area contributed by atoms with E-state index in [0.717, 1.165) is 5.56 Å². The number of amides is 2. The maximum atomic E-state index is 13.3. The van der Waals surface area contributed by atoms with Crippen LogP contribution in [0.25, 0.3) is 0 Å². The minimum atomic E-state index is -0.620. The van der Waals surface area contributed by atoms with Gasteiger partial charge in [-0.1, -0.05) is 59.8 Å². The molecule has 2 amide bonds. The van der Waals surface area contributed by atoms with Crippen molar-refractivity contribution in [1.29, 1.82) is 0 Å². The van der Waals surface area contributed by atoms with E-state index in [1.807, 2.05) is 30.3 Å². The van der Waals surface area contributed by atoms with Crippen LogP contribution in [0.15, 0.2) is 83.9 Å². The van der Waals surface area contributed by atoms with Crippen molar-refractivity contribution in [2.24, 2.45) is 4.99 Å². The highest BCUT2D eigenvalue weighted by atomic mass is 35.5. The van der Waals surface area contributed by atoms with Crippen molar-refractivity contribution in [3.63, 3.8) is 0 Å². The van der Waals surface area contributed by atoms with E-state index in [4.69, 9.17) is 16.3 Å². The summed E-state index contributed by atoms with van der Waals surface area (Å²) in [6, 6.07) is 23.1. The van der Waals surface area contributed by atoms with Crippen molar-refractivity contribution in [3.05, 3.63) is 95.0 Å². The number of hydrogen-bond donors (Lipinski definition) is 1. The number of esters is 1. The van der Waals surface area contributed by atoms with E-state index in [9.17, 15) is 14.4 Å². The molecule has 0 saturated carbocycles. The SMILES string of the molecule is CCOC(=O)c1ccc(N=C2S[C@H](CC(=O)Nc3cccc(Cl)c3)C(=O)N2Cc2ccccc2)cc1. The van der Waals surface area contributed by atoms with Gasteiger partial charge in [0.2, 0.25) is 11.8 Å². The second-order valence-corrected chi connectivity index (χ2v) is 9.55. The van der Waals surface area contributed by atoms with Crippen LogP contribution in [0.1, 0.15) is 29.3 Å². The Hall–Kier alpha value is -3.62. The second kappa shape index (κ2) is 11.9.